The summed E-state index contributed by atoms with van der Waals surface area (Å²) in [5, 5.41) is 21.0. The zero-order valence-corrected chi connectivity index (χ0v) is 16.4. The highest BCUT2D eigenvalue weighted by molar-refractivity contribution is 7.80. The fourth-order valence-corrected chi connectivity index (χ4v) is 3.23. The molecule has 2 heterocycles. The van der Waals surface area contributed by atoms with Gasteiger partial charge in [0.1, 0.15) is 11.9 Å². The SMILES string of the molecule is COC(=S)NC[C@H]1CN(c2ccc(N3CC(=O)N(CC(O)O)C3)c(F)c2)C(=O)O1. The second kappa shape index (κ2) is 8.76. The van der Waals surface area contributed by atoms with E-state index in [1.165, 1.54) is 33.9 Å². The van der Waals surface area contributed by atoms with Crippen molar-refractivity contribution >= 4 is 40.8 Å². The lowest BCUT2D eigenvalue weighted by Crippen LogP contribution is -2.34. The van der Waals surface area contributed by atoms with Crippen molar-refractivity contribution in [3.8, 4) is 0 Å². The first kappa shape index (κ1) is 21.0. The van der Waals surface area contributed by atoms with E-state index in [9.17, 15) is 14.0 Å². The van der Waals surface area contributed by atoms with Crippen LogP contribution >= 0.6 is 12.2 Å². The van der Waals surface area contributed by atoms with E-state index in [4.69, 9.17) is 31.9 Å². The Balaban J connectivity index is 1.66. The van der Waals surface area contributed by atoms with Gasteiger partial charge in [-0.05, 0) is 30.4 Å². The van der Waals surface area contributed by atoms with Gasteiger partial charge in [-0.2, -0.15) is 0 Å². The van der Waals surface area contributed by atoms with E-state index in [0.29, 0.717) is 5.69 Å². The highest BCUT2D eigenvalue weighted by atomic mass is 32.1. The predicted molar refractivity (Wildman–Crippen MR) is 104 cm³/mol. The molecule has 0 bridgehead atoms. The molecular formula is C17H21FN4O6S. The van der Waals surface area contributed by atoms with Crippen molar-refractivity contribution in [3.63, 3.8) is 0 Å². The van der Waals surface area contributed by atoms with E-state index in [0.717, 1.165) is 0 Å². The normalized spacial score (nSPS) is 19.2. The van der Waals surface area contributed by atoms with Gasteiger partial charge < -0.3 is 34.8 Å². The first-order chi connectivity index (χ1) is 13.8. The molecule has 1 atom stereocenters. The number of nitrogens with one attached hydrogen (secondary N) is 1. The largest absolute Gasteiger partial charge is 0.474 e. The van der Waals surface area contributed by atoms with E-state index in [-0.39, 0.29) is 49.6 Å². The number of halogens is 1. The van der Waals surface area contributed by atoms with Gasteiger partial charge in [0.2, 0.25) is 5.91 Å². The number of cyclic esters (lactones) is 1. The van der Waals surface area contributed by atoms with E-state index >= 15 is 0 Å². The maximum atomic E-state index is 14.7. The van der Waals surface area contributed by atoms with Crippen LogP contribution in [0.25, 0.3) is 0 Å². The summed E-state index contributed by atoms with van der Waals surface area (Å²) in [4.78, 5) is 28.1. The van der Waals surface area contributed by atoms with Crippen LogP contribution < -0.4 is 15.1 Å². The smallest absolute Gasteiger partial charge is 0.414 e. The number of aliphatic hydroxyl groups is 2. The van der Waals surface area contributed by atoms with Gasteiger partial charge in [-0.1, -0.05) is 0 Å². The average Bonchev–Trinajstić information content (AvgIpc) is 3.21. The molecule has 2 aliphatic rings. The highest BCUT2D eigenvalue weighted by Gasteiger charge is 2.34. The minimum absolute atomic E-state index is 0.0334. The zero-order chi connectivity index (χ0) is 21.1. The summed E-state index contributed by atoms with van der Waals surface area (Å²) < 4.78 is 24.8. The lowest BCUT2D eigenvalue weighted by molar-refractivity contribution is -0.132. The van der Waals surface area contributed by atoms with Crippen molar-refractivity contribution in [2.75, 3.05) is 49.8 Å². The van der Waals surface area contributed by atoms with Crippen molar-refractivity contribution < 1.29 is 33.7 Å². The third kappa shape index (κ3) is 4.83. The van der Waals surface area contributed by atoms with Crippen molar-refractivity contribution in [2.24, 2.45) is 0 Å². The summed E-state index contributed by atoms with van der Waals surface area (Å²) in [6, 6.07) is 4.22. The number of methoxy groups -OCH3 is 1. The summed E-state index contributed by atoms with van der Waals surface area (Å²) in [7, 11) is 1.42. The van der Waals surface area contributed by atoms with Crippen LogP contribution in [0.5, 0.6) is 0 Å². The molecule has 2 fully saturated rings. The monoisotopic (exact) mass is 428 g/mol. The van der Waals surface area contributed by atoms with Gasteiger partial charge in [-0.25, -0.2) is 9.18 Å². The molecule has 3 rings (SSSR count). The molecule has 1 aromatic rings. The van der Waals surface area contributed by atoms with Gasteiger partial charge >= 0.3 is 6.09 Å². The Hall–Kier alpha value is -2.70. The molecule has 1 aromatic carbocycles. The molecule has 0 unspecified atom stereocenters. The molecule has 0 aromatic heterocycles. The summed E-state index contributed by atoms with van der Waals surface area (Å²) in [5.74, 6) is -0.953. The molecule has 0 aliphatic carbocycles. The Kier molecular flexibility index (Phi) is 6.35. The summed E-state index contributed by atoms with van der Waals surface area (Å²) >= 11 is 4.87. The van der Waals surface area contributed by atoms with Crippen molar-refractivity contribution in [1.29, 1.82) is 0 Å². The van der Waals surface area contributed by atoms with Crippen molar-refractivity contribution in [2.45, 2.75) is 12.4 Å². The third-order valence-corrected chi connectivity index (χ3v) is 4.83. The van der Waals surface area contributed by atoms with Gasteiger partial charge in [0, 0.05) is 0 Å². The Morgan fingerprint density at radius 1 is 1.45 bits per heavy atom. The molecule has 10 nitrogen and oxygen atoms in total. The Bertz CT molecular complexity index is 810. The molecule has 0 radical (unpaired) electrons. The number of benzene rings is 1. The van der Waals surface area contributed by atoms with Gasteiger partial charge in [0.05, 0.1) is 51.3 Å². The summed E-state index contributed by atoms with van der Waals surface area (Å²) in [5.41, 5.74) is 0.495. The topological polar surface area (TPSA) is 115 Å². The van der Waals surface area contributed by atoms with E-state index < -0.39 is 24.3 Å². The maximum absolute atomic E-state index is 14.7. The molecule has 0 saturated carbocycles. The number of nitrogens with zero attached hydrogens (tertiary/aromatic N) is 3. The van der Waals surface area contributed by atoms with E-state index in [1.54, 1.807) is 6.07 Å². The van der Waals surface area contributed by atoms with E-state index in [2.05, 4.69) is 5.32 Å². The van der Waals surface area contributed by atoms with Crippen molar-refractivity contribution in [3.05, 3.63) is 24.0 Å². The number of anilines is 2. The van der Waals surface area contributed by atoms with Crippen LogP contribution in [-0.4, -0.2) is 84.6 Å². The van der Waals surface area contributed by atoms with Gasteiger partial charge in [-0.3, -0.25) is 9.69 Å². The number of β-amino-alcohol motifs (C(OH)–C–C–N with tert-alkyl or cyclic N) is 2. The lowest BCUT2D eigenvalue weighted by atomic mass is 10.2. The van der Waals surface area contributed by atoms with Crippen LogP contribution in [0, 0.1) is 5.82 Å². The number of hydrogen-bond acceptors (Lipinski definition) is 8. The van der Waals surface area contributed by atoms with Crippen LogP contribution in [0.3, 0.4) is 0 Å². The Morgan fingerprint density at radius 2 is 2.21 bits per heavy atom. The van der Waals surface area contributed by atoms with E-state index in [1.807, 2.05) is 0 Å². The third-order valence-electron chi connectivity index (χ3n) is 4.52. The lowest BCUT2D eigenvalue weighted by Gasteiger charge is -2.21. The van der Waals surface area contributed by atoms with Crippen molar-refractivity contribution in [1.82, 2.24) is 10.2 Å². The van der Waals surface area contributed by atoms with Gasteiger partial charge in [-0.15, -0.1) is 0 Å². The zero-order valence-electron chi connectivity index (χ0n) is 15.6. The van der Waals surface area contributed by atoms with Crippen LogP contribution in [0.15, 0.2) is 18.2 Å². The quantitative estimate of drug-likeness (QED) is 0.411. The molecular weight excluding hydrogens is 407 g/mol. The molecule has 3 N–H and O–H groups in total. The first-order valence-electron chi connectivity index (χ1n) is 8.77. The number of rotatable bonds is 6. The fourth-order valence-electron chi connectivity index (χ4n) is 3.14. The minimum Gasteiger partial charge on any atom is -0.474 e. The number of aliphatic hydroxyl groups excluding tert-OH is 1. The van der Waals surface area contributed by atoms with Crippen LogP contribution in [0.4, 0.5) is 20.6 Å². The second-order valence-corrected chi connectivity index (χ2v) is 6.93. The minimum atomic E-state index is -1.66. The first-order valence-corrected chi connectivity index (χ1v) is 9.17. The number of ether oxygens (including phenoxy) is 2. The molecule has 2 saturated heterocycles. The number of carbonyl (C=O) groups is 2. The molecule has 158 valence electrons. The summed E-state index contributed by atoms with van der Waals surface area (Å²) in [6.45, 7) is 0.170. The van der Waals surface area contributed by atoms with Gasteiger partial charge in [0.15, 0.2) is 6.29 Å². The van der Waals surface area contributed by atoms with Crippen LogP contribution in [0.1, 0.15) is 0 Å². The molecule has 2 aliphatic heterocycles. The van der Waals surface area contributed by atoms with Crippen LogP contribution in [0.2, 0.25) is 0 Å². The number of amides is 2. The maximum Gasteiger partial charge on any atom is 0.414 e. The molecule has 29 heavy (non-hydrogen) atoms. The highest BCUT2D eigenvalue weighted by Crippen LogP contribution is 2.29. The molecule has 12 heteroatoms. The predicted octanol–water partition coefficient (Wildman–Crippen LogP) is -0.411. The van der Waals surface area contributed by atoms with Gasteiger partial charge in [0.25, 0.3) is 5.17 Å². The standard InChI is InChI=1S/C17H21FN4O6S/c1-27-16(29)19-5-11-6-22(17(26)28-11)10-2-3-13(12(18)4-10)20-7-14(23)21(9-20)8-15(24)25/h2-4,11,15,24-25H,5-9H2,1H3,(H,19,29)/t11-/m0/s1. The molecule has 2 amide bonds. The second-order valence-electron chi connectivity index (χ2n) is 6.56. The number of thiocarbonyl (C=S) groups is 1. The molecule has 0 spiro atoms. The Morgan fingerprint density at radius 3 is 2.86 bits per heavy atom. The fraction of sp³-hybridized carbons (Fsp3) is 0.471. The Labute approximate surface area is 171 Å². The summed E-state index contributed by atoms with van der Waals surface area (Å²) in [6.07, 6.45) is -2.74. The van der Waals surface area contributed by atoms with Crippen LogP contribution in [-0.2, 0) is 14.3 Å². The average molecular weight is 428 g/mol. The number of carbonyl (C=O) groups excluding carboxylic acids is 2. The number of hydrogen-bond donors (Lipinski definition) is 3.